The molecule has 2 aliphatic heterocycles. The van der Waals surface area contributed by atoms with E-state index in [1.165, 1.54) is 51.7 Å². The summed E-state index contributed by atoms with van der Waals surface area (Å²) < 4.78 is 0. The topological polar surface area (TPSA) is 15.3 Å². The fraction of sp³-hybridized carbons (Fsp3) is 1.00. The number of nitrogens with zero attached hydrogens (tertiary/aromatic N) is 1. The van der Waals surface area contributed by atoms with Crippen molar-refractivity contribution in [1.29, 1.82) is 0 Å². The van der Waals surface area contributed by atoms with E-state index in [4.69, 9.17) is 0 Å². The van der Waals surface area contributed by atoms with Gasteiger partial charge >= 0.3 is 0 Å². The Morgan fingerprint density at radius 1 is 1.00 bits per heavy atom. The zero-order chi connectivity index (χ0) is 11.8. The third kappa shape index (κ3) is 2.53. The SMILES string of the molecule is CC1CC(C)CC(N2CC3CCCNC3C2)C1. The molecule has 0 bridgehead atoms. The summed E-state index contributed by atoms with van der Waals surface area (Å²) in [4.78, 5) is 2.82. The van der Waals surface area contributed by atoms with Gasteiger partial charge in [-0.25, -0.2) is 0 Å². The molecule has 0 amide bonds. The predicted molar refractivity (Wildman–Crippen MR) is 72.1 cm³/mol. The van der Waals surface area contributed by atoms with Gasteiger partial charge in [0.05, 0.1) is 0 Å². The standard InChI is InChI=1S/C15H28N2/c1-11-6-12(2)8-14(7-11)17-9-13-4-3-5-16-15(13)10-17/h11-16H,3-10H2,1-2H3. The maximum Gasteiger partial charge on any atom is 0.0235 e. The number of fused-ring (bicyclic) bond motifs is 1. The molecule has 1 saturated carbocycles. The van der Waals surface area contributed by atoms with Gasteiger partial charge in [-0.15, -0.1) is 0 Å². The van der Waals surface area contributed by atoms with Crippen molar-refractivity contribution in [2.24, 2.45) is 17.8 Å². The molecule has 4 atom stereocenters. The van der Waals surface area contributed by atoms with Crippen molar-refractivity contribution in [3.8, 4) is 0 Å². The summed E-state index contributed by atoms with van der Waals surface area (Å²) in [7, 11) is 0. The Labute approximate surface area is 106 Å². The van der Waals surface area contributed by atoms with E-state index in [9.17, 15) is 0 Å². The molecule has 2 heterocycles. The molecule has 1 aliphatic carbocycles. The van der Waals surface area contributed by atoms with E-state index in [1.54, 1.807) is 0 Å². The smallest absolute Gasteiger partial charge is 0.0235 e. The van der Waals surface area contributed by atoms with Crippen molar-refractivity contribution < 1.29 is 0 Å². The second-order valence-electron chi connectivity index (χ2n) is 6.99. The number of rotatable bonds is 1. The largest absolute Gasteiger partial charge is 0.312 e. The minimum absolute atomic E-state index is 0.816. The molecular weight excluding hydrogens is 208 g/mol. The molecule has 2 heteroatoms. The Morgan fingerprint density at radius 3 is 2.47 bits per heavy atom. The Bertz CT molecular complexity index is 242. The van der Waals surface area contributed by atoms with Gasteiger partial charge in [-0.2, -0.15) is 0 Å². The highest BCUT2D eigenvalue weighted by molar-refractivity contribution is 4.95. The number of likely N-dealkylation sites (tertiary alicyclic amines) is 1. The lowest BCUT2D eigenvalue weighted by Gasteiger charge is -2.37. The van der Waals surface area contributed by atoms with Crippen LogP contribution in [0.25, 0.3) is 0 Å². The van der Waals surface area contributed by atoms with Gasteiger partial charge in [-0.1, -0.05) is 13.8 Å². The molecule has 0 aromatic carbocycles. The first-order chi connectivity index (χ1) is 8.22. The summed E-state index contributed by atoms with van der Waals surface area (Å²) >= 11 is 0. The molecule has 4 unspecified atom stereocenters. The number of hydrogen-bond acceptors (Lipinski definition) is 2. The summed E-state index contributed by atoms with van der Waals surface area (Å²) in [5, 5.41) is 3.73. The first-order valence-corrected chi connectivity index (χ1v) is 7.70. The molecular formula is C15H28N2. The Morgan fingerprint density at radius 2 is 1.76 bits per heavy atom. The Kier molecular flexibility index (Phi) is 3.45. The fourth-order valence-electron chi connectivity index (χ4n) is 4.58. The van der Waals surface area contributed by atoms with Crippen molar-refractivity contribution in [3.05, 3.63) is 0 Å². The fourth-order valence-corrected chi connectivity index (χ4v) is 4.58. The van der Waals surface area contributed by atoms with Crippen LogP contribution in [-0.2, 0) is 0 Å². The average Bonchev–Trinajstić information content (AvgIpc) is 2.71. The van der Waals surface area contributed by atoms with Crippen molar-refractivity contribution in [1.82, 2.24) is 10.2 Å². The van der Waals surface area contributed by atoms with Crippen LogP contribution in [0.3, 0.4) is 0 Å². The summed E-state index contributed by atoms with van der Waals surface area (Å²) in [6.45, 7) is 8.86. The lowest BCUT2D eigenvalue weighted by atomic mass is 9.80. The molecule has 0 radical (unpaired) electrons. The van der Waals surface area contributed by atoms with E-state index in [0.717, 1.165) is 29.8 Å². The first kappa shape index (κ1) is 12.0. The molecule has 2 saturated heterocycles. The molecule has 0 aromatic rings. The van der Waals surface area contributed by atoms with Crippen LogP contribution in [0.5, 0.6) is 0 Å². The highest BCUT2D eigenvalue weighted by Crippen LogP contribution is 2.35. The van der Waals surface area contributed by atoms with Gasteiger partial charge in [0, 0.05) is 25.2 Å². The normalized spacial score (nSPS) is 48.0. The van der Waals surface area contributed by atoms with Crippen LogP contribution in [0.2, 0.25) is 0 Å². The molecule has 1 N–H and O–H groups in total. The third-order valence-corrected chi connectivity index (χ3v) is 5.30. The minimum Gasteiger partial charge on any atom is -0.312 e. The van der Waals surface area contributed by atoms with E-state index >= 15 is 0 Å². The van der Waals surface area contributed by atoms with Gasteiger partial charge in [0.1, 0.15) is 0 Å². The number of piperidine rings is 1. The van der Waals surface area contributed by atoms with Gasteiger partial charge in [0.2, 0.25) is 0 Å². The number of nitrogens with one attached hydrogen (secondary N) is 1. The summed E-state index contributed by atoms with van der Waals surface area (Å²) in [5.41, 5.74) is 0. The van der Waals surface area contributed by atoms with Crippen LogP contribution in [-0.4, -0.2) is 36.6 Å². The molecule has 3 fully saturated rings. The Hall–Kier alpha value is -0.0800. The van der Waals surface area contributed by atoms with E-state index in [2.05, 4.69) is 24.1 Å². The zero-order valence-electron chi connectivity index (χ0n) is 11.5. The van der Waals surface area contributed by atoms with Crippen molar-refractivity contribution in [2.45, 2.75) is 58.0 Å². The summed E-state index contributed by atoms with van der Waals surface area (Å²) in [5.74, 6) is 2.84. The monoisotopic (exact) mass is 236 g/mol. The van der Waals surface area contributed by atoms with E-state index in [-0.39, 0.29) is 0 Å². The predicted octanol–water partition coefficient (Wildman–Crippen LogP) is 2.49. The molecule has 3 rings (SSSR count). The summed E-state index contributed by atoms with van der Waals surface area (Å²) in [6, 6.07) is 1.71. The minimum atomic E-state index is 0.816. The van der Waals surface area contributed by atoms with Gasteiger partial charge in [0.15, 0.2) is 0 Å². The van der Waals surface area contributed by atoms with Crippen LogP contribution in [0.4, 0.5) is 0 Å². The molecule has 17 heavy (non-hydrogen) atoms. The number of hydrogen-bond donors (Lipinski definition) is 1. The molecule has 2 nitrogen and oxygen atoms in total. The van der Waals surface area contributed by atoms with Gasteiger partial charge in [0.25, 0.3) is 0 Å². The average molecular weight is 236 g/mol. The van der Waals surface area contributed by atoms with Gasteiger partial charge in [-0.3, -0.25) is 4.90 Å². The third-order valence-electron chi connectivity index (χ3n) is 5.30. The van der Waals surface area contributed by atoms with Gasteiger partial charge in [-0.05, 0) is 56.4 Å². The maximum absolute atomic E-state index is 3.73. The summed E-state index contributed by atoms with van der Waals surface area (Å²) in [6.07, 6.45) is 7.21. The van der Waals surface area contributed by atoms with Crippen LogP contribution in [0.1, 0.15) is 46.0 Å². The van der Waals surface area contributed by atoms with Crippen LogP contribution >= 0.6 is 0 Å². The molecule has 98 valence electrons. The zero-order valence-corrected chi connectivity index (χ0v) is 11.5. The van der Waals surface area contributed by atoms with Crippen LogP contribution < -0.4 is 5.32 Å². The second-order valence-corrected chi connectivity index (χ2v) is 6.99. The lowest BCUT2D eigenvalue weighted by molar-refractivity contribution is 0.128. The van der Waals surface area contributed by atoms with Gasteiger partial charge < -0.3 is 5.32 Å². The van der Waals surface area contributed by atoms with Crippen molar-refractivity contribution in [2.75, 3.05) is 19.6 Å². The second kappa shape index (κ2) is 4.89. The maximum atomic E-state index is 3.73. The van der Waals surface area contributed by atoms with Crippen LogP contribution in [0.15, 0.2) is 0 Å². The Balaban J connectivity index is 1.61. The highest BCUT2D eigenvalue weighted by atomic mass is 15.2. The van der Waals surface area contributed by atoms with Crippen LogP contribution in [0, 0.1) is 17.8 Å². The van der Waals surface area contributed by atoms with Crippen molar-refractivity contribution in [3.63, 3.8) is 0 Å². The van der Waals surface area contributed by atoms with E-state index < -0.39 is 0 Å². The molecule has 3 aliphatic rings. The van der Waals surface area contributed by atoms with E-state index in [0.29, 0.717) is 0 Å². The molecule has 0 aromatic heterocycles. The quantitative estimate of drug-likeness (QED) is 0.752. The lowest BCUT2D eigenvalue weighted by Crippen LogP contribution is -2.42. The molecule has 0 spiro atoms. The van der Waals surface area contributed by atoms with E-state index in [1.807, 2.05) is 0 Å². The highest BCUT2D eigenvalue weighted by Gasteiger charge is 2.38. The first-order valence-electron chi connectivity index (χ1n) is 7.70. The van der Waals surface area contributed by atoms with Crippen molar-refractivity contribution >= 4 is 0 Å².